The number of halogens is 1. The molecule has 1 N–H and O–H groups in total. The van der Waals surface area contributed by atoms with Gasteiger partial charge in [-0.15, -0.1) is 0 Å². The molecule has 0 unspecified atom stereocenters. The summed E-state index contributed by atoms with van der Waals surface area (Å²) >= 11 is 6.15. The maximum absolute atomic E-state index is 12.8. The lowest BCUT2D eigenvalue weighted by Gasteiger charge is -2.19. The van der Waals surface area contributed by atoms with Crippen LogP contribution in [0.25, 0.3) is 0 Å². The smallest absolute Gasteiger partial charge is 0.255 e. The van der Waals surface area contributed by atoms with Crippen molar-refractivity contribution in [3.8, 4) is 5.75 Å². The average Bonchev–Trinajstić information content (AvgIpc) is 3.15. The van der Waals surface area contributed by atoms with Crippen molar-refractivity contribution in [1.29, 1.82) is 0 Å². The van der Waals surface area contributed by atoms with Crippen LogP contribution in [-0.2, 0) is 6.42 Å². The molecule has 0 fully saturated rings. The number of para-hydroxylation sites is 1. The van der Waals surface area contributed by atoms with Crippen LogP contribution in [0.15, 0.2) is 54.7 Å². The molecule has 1 aliphatic heterocycles. The highest BCUT2D eigenvalue weighted by molar-refractivity contribution is 6.31. The molecule has 6 heteroatoms. The number of anilines is 3. The van der Waals surface area contributed by atoms with Crippen LogP contribution in [0.2, 0.25) is 5.02 Å². The summed E-state index contributed by atoms with van der Waals surface area (Å²) in [6, 6.07) is 15.3. The third kappa shape index (κ3) is 3.41. The fourth-order valence-electron chi connectivity index (χ4n) is 3.41. The topological polar surface area (TPSA) is 54.5 Å². The molecular formula is C22H20ClN3O2. The van der Waals surface area contributed by atoms with E-state index in [1.807, 2.05) is 25.1 Å². The number of rotatable bonds is 4. The molecule has 3 aromatic rings. The fraction of sp³-hybridized carbons (Fsp3) is 0.182. The van der Waals surface area contributed by atoms with Crippen molar-refractivity contribution in [2.75, 3.05) is 23.9 Å². The van der Waals surface area contributed by atoms with Gasteiger partial charge >= 0.3 is 0 Å². The first-order valence-electron chi connectivity index (χ1n) is 9.04. The molecule has 0 aliphatic carbocycles. The van der Waals surface area contributed by atoms with E-state index in [1.165, 1.54) is 5.56 Å². The largest absolute Gasteiger partial charge is 0.495 e. The normalized spacial score (nSPS) is 12.6. The van der Waals surface area contributed by atoms with Gasteiger partial charge < -0.3 is 15.0 Å². The number of benzene rings is 2. The van der Waals surface area contributed by atoms with Gasteiger partial charge in [-0.25, -0.2) is 4.98 Å². The minimum atomic E-state index is -0.226. The van der Waals surface area contributed by atoms with Gasteiger partial charge in [-0.1, -0.05) is 29.8 Å². The van der Waals surface area contributed by atoms with Gasteiger partial charge in [0.1, 0.15) is 11.6 Å². The standard InChI is InChI=1S/C22H20ClN3O2/c1-14-11-18(20(28-2)13-17(14)23)25-22(27)16-7-9-24-21(12-16)26-10-8-15-5-3-4-6-19(15)26/h3-7,9,11-13H,8,10H2,1-2H3,(H,25,27). The number of carbonyl (C=O) groups excluding carboxylic acids is 1. The molecule has 0 saturated heterocycles. The molecule has 1 amide bonds. The van der Waals surface area contributed by atoms with Gasteiger partial charge in [-0.3, -0.25) is 4.79 Å². The van der Waals surface area contributed by atoms with E-state index < -0.39 is 0 Å². The number of ether oxygens (including phenoxy) is 1. The maximum Gasteiger partial charge on any atom is 0.255 e. The number of aromatic nitrogens is 1. The quantitative estimate of drug-likeness (QED) is 0.677. The van der Waals surface area contributed by atoms with Crippen LogP contribution in [0.1, 0.15) is 21.5 Å². The number of hydrogen-bond donors (Lipinski definition) is 1. The zero-order valence-corrected chi connectivity index (χ0v) is 16.5. The molecule has 0 radical (unpaired) electrons. The monoisotopic (exact) mass is 393 g/mol. The molecule has 0 atom stereocenters. The van der Waals surface area contributed by atoms with Crippen molar-refractivity contribution < 1.29 is 9.53 Å². The number of carbonyl (C=O) groups is 1. The Morgan fingerprint density at radius 1 is 1.21 bits per heavy atom. The van der Waals surface area contributed by atoms with E-state index in [-0.39, 0.29) is 5.91 Å². The summed E-state index contributed by atoms with van der Waals surface area (Å²) in [5, 5.41) is 3.51. The summed E-state index contributed by atoms with van der Waals surface area (Å²) in [7, 11) is 1.55. The molecule has 0 saturated carbocycles. The minimum absolute atomic E-state index is 0.226. The van der Waals surface area contributed by atoms with Gasteiger partial charge in [0.05, 0.1) is 12.8 Å². The van der Waals surface area contributed by atoms with Crippen molar-refractivity contribution in [2.24, 2.45) is 0 Å². The van der Waals surface area contributed by atoms with Crippen LogP contribution in [-0.4, -0.2) is 24.5 Å². The van der Waals surface area contributed by atoms with Crippen molar-refractivity contribution in [3.63, 3.8) is 0 Å². The molecule has 142 valence electrons. The Morgan fingerprint density at radius 2 is 2.04 bits per heavy atom. The number of pyridine rings is 1. The molecule has 28 heavy (non-hydrogen) atoms. The molecule has 0 spiro atoms. The summed E-state index contributed by atoms with van der Waals surface area (Å²) in [4.78, 5) is 19.5. The Morgan fingerprint density at radius 3 is 2.86 bits per heavy atom. The van der Waals surface area contributed by atoms with Gasteiger partial charge in [-0.2, -0.15) is 0 Å². The second-order valence-electron chi connectivity index (χ2n) is 6.69. The first-order chi connectivity index (χ1) is 13.6. The van der Waals surface area contributed by atoms with Gasteiger partial charge in [0.15, 0.2) is 0 Å². The SMILES string of the molecule is COc1cc(Cl)c(C)cc1NC(=O)c1ccnc(N2CCc3ccccc32)c1. The van der Waals surface area contributed by atoms with Gasteiger partial charge in [-0.05, 0) is 48.7 Å². The van der Waals surface area contributed by atoms with Crippen molar-refractivity contribution in [2.45, 2.75) is 13.3 Å². The van der Waals surface area contributed by atoms with Crippen LogP contribution in [0, 0.1) is 6.92 Å². The minimum Gasteiger partial charge on any atom is -0.495 e. The Kier molecular flexibility index (Phi) is 4.92. The third-order valence-electron chi connectivity index (χ3n) is 4.90. The number of fused-ring (bicyclic) bond motifs is 1. The lowest BCUT2D eigenvalue weighted by molar-refractivity contribution is 0.102. The van der Waals surface area contributed by atoms with Crippen LogP contribution >= 0.6 is 11.6 Å². The number of hydrogen-bond acceptors (Lipinski definition) is 4. The van der Waals surface area contributed by atoms with E-state index in [0.29, 0.717) is 22.0 Å². The zero-order chi connectivity index (χ0) is 19.7. The molecule has 0 bridgehead atoms. The Bertz CT molecular complexity index is 1050. The molecule has 2 heterocycles. The van der Waals surface area contributed by atoms with Crippen molar-refractivity contribution in [1.82, 2.24) is 4.98 Å². The van der Waals surface area contributed by atoms with Gasteiger partial charge in [0.2, 0.25) is 0 Å². The third-order valence-corrected chi connectivity index (χ3v) is 5.31. The summed E-state index contributed by atoms with van der Waals surface area (Å²) in [6.07, 6.45) is 2.63. The van der Waals surface area contributed by atoms with E-state index in [9.17, 15) is 4.79 Å². The van der Waals surface area contributed by atoms with E-state index in [0.717, 1.165) is 30.0 Å². The van der Waals surface area contributed by atoms with E-state index in [2.05, 4.69) is 27.3 Å². The molecule has 1 aromatic heterocycles. The van der Waals surface area contributed by atoms with Gasteiger partial charge in [0, 0.05) is 35.1 Å². The number of aryl methyl sites for hydroxylation is 1. The van der Waals surface area contributed by atoms with E-state index in [1.54, 1.807) is 31.5 Å². The van der Waals surface area contributed by atoms with Crippen molar-refractivity contribution in [3.05, 3.63) is 76.4 Å². The predicted molar refractivity (Wildman–Crippen MR) is 112 cm³/mol. The predicted octanol–water partition coefficient (Wildman–Crippen LogP) is 5.00. The number of nitrogens with one attached hydrogen (secondary N) is 1. The second-order valence-corrected chi connectivity index (χ2v) is 7.10. The molecule has 5 nitrogen and oxygen atoms in total. The molecule has 1 aliphatic rings. The summed E-state index contributed by atoms with van der Waals surface area (Å²) in [5.41, 5.74) is 4.41. The van der Waals surface area contributed by atoms with Crippen LogP contribution in [0.4, 0.5) is 17.2 Å². The molecular weight excluding hydrogens is 374 g/mol. The average molecular weight is 394 g/mol. The lowest BCUT2D eigenvalue weighted by Crippen LogP contribution is -2.17. The number of amides is 1. The highest BCUT2D eigenvalue weighted by Gasteiger charge is 2.21. The molecule has 2 aromatic carbocycles. The summed E-state index contributed by atoms with van der Waals surface area (Å²) < 4.78 is 5.34. The fourth-order valence-corrected chi connectivity index (χ4v) is 3.56. The number of nitrogens with zero attached hydrogens (tertiary/aromatic N) is 2. The Hall–Kier alpha value is -3.05. The van der Waals surface area contributed by atoms with Crippen molar-refractivity contribution >= 4 is 34.7 Å². The molecule has 4 rings (SSSR count). The highest BCUT2D eigenvalue weighted by Crippen LogP contribution is 2.34. The second kappa shape index (κ2) is 7.52. The first kappa shape index (κ1) is 18.3. The zero-order valence-electron chi connectivity index (χ0n) is 15.7. The summed E-state index contributed by atoms with van der Waals surface area (Å²) in [6.45, 7) is 2.73. The van der Waals surface area contributed by atoms with E-state index in [4.69, 9.17) is 16.3 Å². The Balaban J connectivity index is 1.60. The number of methoxy groups -OCH3 is 1. The summed E-state index contributed by atoms with van der Waals surface area (Å²) in [5.74, 6) is 1.06. The van der Waals surface area contributed by atoms with Crippen LogP contribution < -0.4 is 15.0 Å². The first-order valence-corrected chi connectivity index (χ1v) is 9.41. The highest BCUT2D eigenvalue weighted by atomic mass is 35.5. The van der Waals surface area contributed by atoms with Crippen LogP contribution in [0.5, 0.6) is 5.75 Å². The maximum atomic E-state index is 12.8. The van der Waals surface area contributed by atoms with E-state index >= 15 is 0 Å². The van der Waals surface area contributed by atoms with Gasteiger partial charge in [0.25, 0.3) is 5.91 Å². The lowest BCUT2D eigenvalue weighted by atomic mass is 10.1. The Labute approximate surface area is 168 Å². The van der Waals surface area contributed by atoms with Crippen LogP contribution in [0.3, 0.4) is 0 Å².